The SMILES string of the molecule is COC(c1nc(Cl)c(-c2cccc(Cl)c2)c(Cl)n1)C(C)C. The fourth-order valence-corrected chi connectivity index (χ4v) is 2.92. The van der Waals surface area contributed by atoms with Gasteiger partial charge >= 0.3 is 0 Å². The Hall–Kier alpha value is -0.870. The molecule has 1 atom stereocenters. The second-order valence-corrected chi connectivity index (χ2v) is 6.10. The Kier molecular flexibility index (Phi) is 5.44. The topological polar surface area (TPSA) is 35.0 Å². The lowest BCUT2D eigenvalue weighted by Gasteiger charge is -2.19. The number of ether oxygens (including phenoxy) is 1. The number of benzene rings is 1. The molecule has 0 aliphatic carbocycles. The maximum absolute atomic E-state index is 6.29. The Labute approximate surface area is 139 Å². The molecule has 0 saturated carbocycles. The second-order valence-electron chi connectivity index (χ2n) is 4.95. The summed E-state index contributed by atoms with van der Waals surface area (Å²) in [7, 11) is 1.61. The van der Waals surface area contributed by atoms with Crippen LogP contribution in [0.5, 0.6) is 0 Å². The lowest BCUT2D eigenvalue weighted by Crippen LogP contribution is -2.13. The zero-order valence-electron chi connectivity index (χ0n) is 11.9. The van der Waals surface area contributed by atoms with Crippen molar-refractivity contribution in [1.82, 2.24) is 9.97 Å². The number of methoxy groups -OCH3 is 1. The highest BCUT2D eigenvalue weighted by Crippen LogP contribution is 2.35. The number of halogens is 3. The third-order valence-corrected chi connectivity index (χ3v) is 3.85. The van der Waals surface area contributed by atoms with E-state index in [9.17, 15) is 0 Å². The molecule has 1 aromatic heterocycles. The fraction of sp³-hybridized carbons (Fsp3) is 0.333. The summed E-state index contributed by atoms with van der Waals surface area (Å²) < 4.78 is 5.41. The summed E-state index contributed by atoms with van der Waals surface area (Å²) in [4.78, 5) is 8.67. The molecule has 1 unspecified atom stereocenters. The Morgan fingerprint density at radius 2 is 1.67 bits per heavy atom. The maximum Gasteiger partial charge on any atom is 0.160 e. The molecular weight excluding hydrogens is 331 g/mol. The maximum atomic E-state index is 6.29. The molecule has 1 aromatic carbocycles. The van der Waals surface area contributed by atoms with Crippen molar-refractivity contribution in [3.63, 3.8) is 0 Å². The first-order valence-corrected chi connectivity index (χ1v) is 7.59. The predicted octanol–water partition coefficient (Wildman–Crippen LogP) is 5.45. The highest BCUT2D eigenvalue weighted by Gasteiger charge is 2.22. The van der Waals surface area contributed by atoms with Gasteiger partial charge in [-0.2, -0.15) is 0 Å². The van der Waals surface area contributed by atoms with Crippen molar-refractivity contribution in [3.05, 3.63) is 45.4 Å². The van der Waals surface area contributed by atoms with Crippen LogP contribution in [0.3, 0.4) is 0 Å². The van der Waals surface area contributed by atoms with Crippen LogP contribution in [0, 0.1) is 5.92 Å². The molecule has 2 rings (SSSR count). The minimum Gasteiger partial charge on any atom is -0.373 e. The van der Waals surface area contributed by atoms with Crippen LogP contribution in [0.2, 0.25) is 15.3 Å². The van der Waals surface area contributed by atoms with Gasteiger partial charge in [-0.1, -0.05) is 60.8 Å². The molecule has 6 heteroatoms. The standard InChI is InChI=1S/C15H15Cl3N2O/c1-8(2)12(21-3)15-19-13(17)11(14(18)20-15)9-5-4-6-10(16)7-9/h4-8,12H,1-3H3. The third-order valence-electron chi connectivity index (χ3n) is 3.07. The van der Waals surface area contributed by atoms with E-state index in [0.29, 0.717) is 16.4 Å². The van der Waals surface area contributed by atoms with Crippen LogP contribution >= 0.6 is 34.8 Å². The van der Waals surface area contributed by atoms with Crippen LogP contribution in [-0.4, -0.2) is 17.1 Å². The van der Waals surface area contributed by atoms with Gasteiger partial charge in [0.1, 0.15) is 16.4 Å². The molecule has 0 aliphatic heterocycles. The number of hydrogen-bond acceptors (Lipinski definition) is 3. The van der Waals surface area contributed by atoms with Crippen LogP contribution in [-0.2, 0) is 4.74 Å². The Bertz CT molecular complexity index is 624. The molecule has 0 spiro atoms. The van der Waals surface area contributed by atoms with E-state index in [-0.39, 0.29) is 22.3 Å². The molecule has 2 aromatic rings. The van der Waals surface area contributed by atoms with E-state index >= 15 is 0 Å². The van der Waals surface area contributed by atoms with Gasteiger partial charge in [0.15, 0.2) is 5.82 Å². The predicted molar refractivity (Wildman–Crippen MR) is 87.1 cm³/mol. The van der Waals surface area contributed by atoms with Gasteiger partial charge in [-0.05, 0) is 23.6 Å². The van der Waals surface area contributed by atoms with Gasteiger partial charge in [0.25, 0.3) is 0 Å². The van der Waals surface area contributed by atoms with E-state index in [1.807, 2.05) is 26.0 Å². The summed E-state index contributed by atoms with van der Waals surface area (Å²) in [6, 6.07) is 7.23. The molecule has 21 heavy (non-hydrogen) atoms. The monoisotopic (exact) mass is 344 g/mol. The summed E-state index contributed by atoms with van der Waals surface area (Å²) in [6.45, 7) is 4.04. The van der Waals surface area contributed by atoms with Crippen molar-refractivity contribution >= 4 is 34.8 Å². The van der Waals surface area contributed by atoms with Gasteiger partial charge < -0.3 is 4.74 Å². The van der Waals surface area contributed by atoms with E-state index in [0.717, 1.165) is 5.56 Å². The molecule has 0 amide bonds. The van der Waals surface area contributed by atoms with Crippen LogP contribution in [0.4, 0.5) is 0 Å². The number of aromatic nitrogens is 2. The summed E-state index contributed by atoms with van der Waals surface area (Å²) in [5, 5.41) is 1.17. The molecule has 3 nitrogen and oxygen atoms in total. The zero-order valence-corrected chi connectivity index (χ0v) is 14.2. The first-order chi connectivity index (χ1) is 9.93. The molecule has 0 fully saturated rings. The zero-order chi connectivity index (χ0) is 15.6. The van der Waals surface area contributed by atoms with Crippen molar-refractivity contribution in [2.75, 3.05) is 7.11 Å². The minimum atomic E-state index is -0.256. The molecule has 1 heterocycles. The summed E-state index contributed by atoms with van der Waals surface area (Å²) in [5.74, 6) is 0.687. The van der Waals surface area contributed by atoms with Crippen molar-refractivity contribution in [2.24, 2.45) is 5.92 Å². The third kappa shape index (κ3) is 3.67. The average molecular weight is 346 g/mol. The summed E-state index contributed by atoms with van der Waals surface area (Å²) >= 11 is 18.6. The quantitative estimate of drug-likeness (QED) is 0.691. The van der Waals surface area contributed by atoms with Crippen LogP contribution in [0.1, 0.15) is 25.8 Å². The van der Waals surface area contributed by atoms with Gasteiger partial charge in [-0.15, -0.1) is 0 Å². The first kappa shape index (κ1) is 16.5. The van der Waals surface area contributed by atoms with Crippen molar-refractivity contribution in [2.45, 2.75) is 20.0 Å². The van der Waals surface area contributed by atoms with E-state index in [1.54, 1.807) is 19.2 Å². The van der Waals surface area contributed by atoms with Crippen molar-refractivity contribution in [1.29, 1.82) is 0 Å². The van der Waals surface area contributed by atoms with Crippen molar-refractivity contribution < 1.29 is 4.74 Å². The molecule has 112 valence electrons. The fourth-order valence-electron chi connectivity index (χ4n) is 2.11. The van der Waals surface area contributed by atoms with E-state index in [1.165, 1.54) is 0 Å². The Morgan fingerprint density at radius 3 is 2.14 bits per heavy atom. The number of hydrogen-bond donors (Lipinski definition) is 0. The van der Waals surface area contributed by atoms with Gasteiger partial charge in [0, 0.05) is 12.1 Å². The summed E-state index contributed by atoms with van der Waals surface area (Å²) in [5.41, 5.74) is 1.35. The van der Waals surface area contributed by atoms with Crippen LogP contribution < -0.4 is 0 Å². The smallest absolute Gasteiger partial charge is 0.160 e. The van der Waals surface area contributed by atoms with Crippen molar-refractivity contribution in [3.8, 4) is 11.1 Å². The van der Waals surface area contributed by atoms with Crippen LogP contribution in [0.15, 0.2) is 24.3 Å². The van der Waals surface area contributed by atoms with Gasteiger partial charge in [0.2, 0.25) is 0 Å². The lowest BCUT2D eigenvalue weighted by atomic mass is 10.1. The molecule has 0 bridgehead atoms. The van der Waals surface area contributed by atoms with Gasteiger partial charge in [0.05, 0.1) is 5.56 Å². The minimum absolute atomic E-state index is 0.208. The normalized spacial score (nSPS) is 12.7. The molecular formula is C15H15Cl3N2O. The van der Waals surface area contributed by atoms with E-state index < -0.39 is 0 Å². The molecule has 0 radical (unpaired) electrons. The lowest BCUT2D eigenvalue weighted by molar-refractivity contribution is 0.0575. The Morgan fingerprint density at radius 1 is 1.05 bits per heavy atom. The molecule has 0 saturated heterocycles. The summed E-state index contributed by atoms with van der Waals surface area (Å²) in [6.07, 6.45) is -0.256. The van der Waals surface area contributed by atoms with Gasteiger partial charge in [-0.3, -0.25) is 0 Å². The molecule has 0 N–H and O–H groups in total. The van der Waals surface area contributed by atoms with E-state index in [2.05, 4.69) is 9.97 Å². The second kappa shape index (κ2) is 6.93. The van der Waals surface area contributed by atoms with E-state index in [4.69, 9.17) is 39.5 Å². The Balaban J connectivity index is 2.52. The van der Waals surface area contributed by atoms with Crippen LogP contribution in [0.25, 0.3) is 11.1 Å². The largest absolute Gasteiger partial charge is 0.373 e. The van der Waals surface area contributed by atoms with Gasteiger partial charge in [-0.25, -0.2) is 9.97 Å². The average Bonchev–Trinajstić information content (AvgIpc) is 2.38. The highest BCUT2D eigenvalue weighted by molar-refractivity contribution is 6.38. The first-order valence-electron chi connectivity index (χ1n) is 6.45. The molecule has 0 aliphatic rings. The number of rotatable bonds is 4. The highest BCUT2D eigenvalue weighted by atomic mass is 35.5. The number of nitrogens with zero attached hydrogens (tertiary/aromatic N) is 2.